The molecule has 31 heavy (non-hydrogen) atoms. The Balaban J connectivity index is 1.54. The molecule has 1 atom stereocenters. The zero-order valence-electron chi connectivity index (χ0n) is 18.7. The minimum absolute atomic E-state index is 0.106. The number of carbonyl (C=O) groups excluding carboxylic acids is 2. The van der Waals surface area contributed by atoms with Crippen LogP contribution < -0.4 is 5.32 Å². The fourth-order valence-electron chi connectivity index (χ4n) is 4.03. The SMILES string of the molecule is CC1(C#N)CCN(C(=O)[C@H](NC(=O)c2c[nH]c3ncc(C4CC4)nc23)C(C)(C)C)CC1. The lowest BCUT2D eigenvalue weighted by Crippen LogP contribution is -2.56. The molecule has 0 bridgehead atoms. The fourth-order valence-corrected chi connectivity index (χ4v) is 4.03. The number of aromatic amines is 1. The van der Waals surface area contributed by atoms with Gasteiger partial charge in [0.1, 0.15) is 11.6 Å². The van der Waals surface area contributed by atoms with Crippen molar-refractivity contribution in [3.8, 4) is 6.07 Å². The summed E-state index contributed by atoms with van der Waals surface area (Å²) in [5, 5.41) is 12.3. The van der Waals surface area contributed by atoms with Gasteiger partial charge in [-0.15, -0.1) is 0 Å². The minimum atomic E-state index is -0.684. The Kier molecular flexibility index (Phi) is 5.24. The summed E-state index contributed by atoms with van der Waals surface area (Å²) in [6, 6.07) is 1.68. The van der Waals surface area contributed by atoms with E-state index < -0.39 is 11.5 Å². The predicted molar refractivity (Wildman–Crippen MR) is 116 cm³/mol. The molecule has 0 unspecified atom stereocenters. The molecule has 0 aromatic carbocycles. The molecular weight excluding hydrogens is 392 g/mol. The highest BCUT2D eigenvalue weighted by Crippen LogP contribution is 2.39. The minimum Gasteiger partial charge on any atom is -0.344 e. The van der Waals surface area contributed by atoms with Gasteiger partial charge in [0.25, 0.3) is 5.91 Å². The van der Waals surface area contributed by atoms with Crippen molar-refractivity contribution in [1.82, 2.24) is 25.2 Å². The van der Waals surface area contributed by atoms with Gasteiger partial charge in [-0.3, -0.25) is 9.59 Å². The number of hydrogen-bond acceptors (Lipinski definition) is 5. The van der Waals surface area contributed by atoms with Crippen LogP contribution in [0, 0.1) is 22.2 Å². The van der Waals surface area contributed by atoms with Gasteiger partial charge in [0.15, 0.2) is 5.65 Å². The summed E-state index contributed by atoms with van der Waals surface area (Å²) in [4.78, 5) is 40.4. The number of aromatic nitrogens is 3. The second-order valence-corrected chi connectivity index (χ2v) is 10.2. The van der Waals surface area contributed by atoms with Crippen LogP contribution in [0.2, 0.25) is 0 Å². The first-order chi connectivity index (χ1) is 14.6. The number of nitriles is 1. The van der Waals surface area contributed by atoms with Gasteiger partial charge in [-0.05, 0) is 38.0 Å². The van der Waals surface area contributed by atoms with Crippen LogP contribution in [0.3, 0.4) is 0 Å². The van der Waals surface area contributed by atoms with Crippen LogP contribution in [0.1, 0.15) is 75.3 Å². The van der Waals surface area contributed by atoms with E-state index in [1.807, 2.05) is 27.7 Å². The van der Waals surface area contributed by atoms with Crippen molar-refractivity contribution in [2.24, 2.45) is 10.8 Å². The summed E-state index contributed by atoms with van der Waals surface area (Å²) in [5.74, 6) is -0.00381. The van der Waals surface area contributed by atoms with Gasteiger partial charge >= 0.3 is 0 Å². The van der Waals surface area contributed by atoms with E-state index in [1.54, 1.807) is 17.3 Å². The Morgan fingerprint density at radius 1 is 1.32 bits per heavy atom. The smallest absolute Gasteiger partial charge is 0.255 e. The molecule has 2 fully saturated rings. The first-order valence-electron chi connectivity index (χ1n) is 11.0. The van der Waals surface area contributed by atoms with E-state index in [0.717, 1.165) is 18.5 Å². The van der Waals surface area contributed by atoms with Gasteiger partial charge in [0.05, 0.1) is 28.9 Å². The Morgan fingerprint density at radius 2 is 2.00 bits per heavy atom. The van der Waals surface area contributed by atoms with E-state index in [2.05, 4.69) is 26.3 Å². The number of nitrogens with one attached hydrogen (secondary N) is 2. The molecule has 1 saturated carbocycles. The van der Waals surface area contributed by atoms with Crippen molar-refractivity contribution in [2.75, 3.05) is 13.1 Å². The lowest BCUT2D eigenvalue weighted by molar-refractivity contribution is -0.137. The number of H-pyrrole nitrogens is 1. The summed E-state index contributed by atoms with van der Waals surface area (Å²) in [6.07, 6.45) is 6.87. The van der Waals surface area contributed by atoms with E-state index in [9.17, 15) is 14.9 Å². The Bertz CT molecular complexity index is 1050. The second kappa shape index (κ2) is 7.63. The van der Waals surface area contributed by atoms with Gasteiger partial charge in [-0.1, -0.05) is 20.8 Å². The third-order valence-corrected chi connectivity index (χ3v) is 6.48. The summed E-state index contributed by atoms with van der Waals surface area (Å²) in [7, 11) is 0. The summed E-state index contributed by atoms with van der Waals surface area (Å²) < 4.78 is 0. The van der Waals surface area contributed by atoms with Gasteiger partial charge in [-0.25, -0.2) is 9.97 Å². The molecule has 1 aliphatic heterocycles. The van der Waals surface area contributed by atoms with E-state index in [-0.39, 0.29) is 17.2 Å². The van der Waals surface area contributed by atoms with Crippen molar-refractivity contribution >= 4 is 23.0 Å². The third kappa shape index (κ3) is 4.27. The first-order valence-corrected chi connectivity index (χ1v) is 11.0. The predicted octanol–water partition coefficient (Wildman–Crippen LogP) is 3.13. The van der Waals surface area contributed by atoms with E-state index >= 15 is 0 Å². The second-order valence-electron chi connectivity index (χ2n) is 10.2. The number of nitrogens with zero attached hydrogens (tertiary/aromatic N) is 4. The van der Waals surface area contributed by atoms with Gasteiger partial charge in [0, 0.05) is 25.2 Å². The molecule has 2 amide bonds. The average molecular weight is 423 g/mol. The van der Waals surface area contributed by atoms with Crippen molar-refractivity contribution in [3.05, 3.63) is 23.7 Å². The molecule has 1 saturated heterocycles. The van der Waals surface area contributed by atoms with Crippen LogP contribution >= 0.6 is 0 Å². The molecule has 2 aromatic rings. The Labute approximate surface area is 182 Å². The number of rotatable bonds is 4. The van der Waals surface area contributed by atoms with Gasteiger partial charge in [-0.2, -0.15) is 5.26 Å². The van der Waals surface area contributed by atoms with Crippen LogP contribution in [0.25, 0.3) is 11.2 Å². The largest absolute Gasteiger partial charge is 0.344 e. The molecule has 164 valence electrons. The highest BCUT2D eigenvalue weighted by molar-refractivity contribution is 6.06. The van der Waals surface area contributed by atoms with Crippen molar-refractivity contribution < 1.29 is 9.59 Å². The Hall–Kier alpha value is -2.95. The zero-order valence-corrected chi connectivity index (χ0v) is 18.7. The standard InChI is InChI=1S/C23H30N6O2/c1-22(2,3)18(21(31)29-9-7-23(4,13-24)8-10-29)28-20(30)15-11-25-19-17(15)27-16(12-26-19)14-5-6-14/h11-12,14,18H,5-10H2,1-4H3,(H,25,26)(H,28,30)/t18-/m0/s1. The lowest BCUT2D eigenvalue weighted by atomic mass is 9.80. The summed E-state index contributed by atoms with van der Waals surface area (Å²) >= 11 is 0. The quantitative estimate of drug-likeness (QED) is 0.785. The molecule has 1 aliphatic carbocycles. The molecule has 8 nitrogen and oxygen atoms in total. The molecule has 4 rings (SSSR count). The Morgan fingerprint density at radius 3 is 2.58 bits per heavy atom. The molecule has 2 N–H and O–H groups in total. The van der Waals surface area contributed by atoms with Gasteiger partial charge < -0.3 is 15.2 Å². The van der Waals surface area contributed by atoms with Crippen LogP contribution in [-0.2, 0) is 4.79 Å². The van der Waals surface area contributed by atoms with Crippen LogP contribution in [-0.4, -0.2) is 50.8 Å². The van der Waals surface area contributed by atoms with Crippen LogP contribution in [0.15, 0.2) is 12.4 Å². The monoisotopic (exact) mass is 422 g/mol. The normalized spacial score (nSPS) is 19.6. The molecule has 2 aromatic heterocycles. The number of carbonyl (C=O) groups is 2. The molecule has 3 heterocycles. The molecule has 0 spiro atoms. The van der Waals surface area contributed by atoms with E-state index in [1.165, 1.54) is 0 Å². The van der Waals surface area contributed by atoms with Crippen molar-refractivity contribution in [2.45, 2.75) is 65.3 Å². The maximum atomic E-state index is 13.4. The summed E-state index contributed by atoms with van der Waals surface area (Å²) in [6.45, 7) is 8.81. The van der Waals surface area contributed by atoms with Crippen LogP contribution in [0.4, 0.5) is 0 Å². The highest BCUT2D eigenvalue weighted by atomic mass is 16.2. The maximum absolute atomic E-state index is 13.4. The van der Waals surface area contributed by atoms with Crippen molar-refractivity contribution in [3.63, 3.8) is 0 Å². The molecular formula is C23H30N6O2. The fraction of sp³-hybridized carbons (Fsp3) is 0.609. The maximum Gasteiger partial charge on any atom is 0.255 e. The lowest BCUT2D eigenvalue weighted by Gasteiger charge is -2.39. The number of likely N-dealkylation sites (tertiary alicyclic amines) is 1. The average Bonchev–Trinajstić information content (AvgIpc) is 3.50. The first kappa shape index (κ1) is 21.3. The summed E-state index contributed by atoms with van der Waals surface area (Å²) in [5.41, 5.74) is 1.57. The topological polar surface area (TPSA) is 115 Å². The molecule has 8 heteroatoms. The molecule has 0 radical (unpaired) electrons. The number of fused-ring (bicyclic) bond motifs is 1. The van der Waals surface area contributed by atoms with E-state index in [4.69, 9.17) is 0 Å². The number of amides is 2. The third-order valence-electron chi connectivity index (χ3n) is 6.48. The van der Waals surface area contributed by atoms with E-state index in [0.29, 0.717) is 48.6 Å². The zero-order chi connectivity index (χ0) is 22.4. The highest BCUT2D eigenvalue weighted by Gasteiger charge is 2.39. The number of piperidine rings is 1. The van der Waals surface area contributed by atoms with Crippen LogP contribution in [0.5, 0.6) is 0 Å². The number of hydrogen-bond donors (Lipinski definition) is 2. The van der Waals surface area contributed by atoms with Crippen molar-refractivity contribution in [1.29, 1.82) is 5.26 Å². The van der Waals surface area contributed by atoms with Gasteiger partial charge in [0.2, 0.25) is 5.91 Å². The molecule has 2 aliphatic rings.